The summed E-state index contributed by atoms with van der Waals surface area (Å²) in [7, 11) is 0. The summed E-state index contributed by atoms with van der Waals surface area (Å²) in [6.45, 7) is 10.7. The standard InChI is InChI=1S/C9H9ClF2.C9H9F3.C9H10F2/c1-5(2)6-3-4-7(11)8(10)9(6)12;1-5(2)9-7(11)3-6(10)4-8(9)12;1-6(2)8-4-3-7(10)5-9(8)11/h2*3-5H,1-2H3;3-6H,1-2H3. The van der Waals surface area contributed by atoms with E-state index in [9.17, 15) is 30.7 Å². The number of hydrogen-bond acceptors (Lipinski definition) is 0. The zero-order valence-corrected chi connectivity index (χ0v) is 21.1. The quantitative estimate of drug-likeness (QED) is 0.238. The van der Waals surface area contributed by atoms with Gasteiger partial charge in [0.05, 0.1) is 0 Å². The molecule has 0 atom stereocenters. The SMILES string of the molecule is CC(C)c1c(F)cc(F)cc1F.CC(C)c1ccc(F)c(Cl)c1F.CC(C)c1ccc(F)cc1F. The Hall–Kier alpha value is -2.54. The van der Waals surface area contributed by atoms with Crippen molar-refractivity contribution in [3.63, 3.8) is 0 Å². The molecule has 0 amide bonds. The first kappa shape index (κ1) is 30.5. The molecule has 0 radical (unpaired) electrons. The van der Waals surface area contributed by atoms with Gasteiger partial charge < -0.3 is 0 Å². The van der Waals surface area contributed by atoms with Crippen molar-refractivity contribution in [2.45, 2.75) is 59.3 Å². The second-order valence-corrected chi connectivity index (χ2v) is 9.06. The maximum atomic E-state index is 13.1. The summed E-state index contributed by atoms with van der Waals surface area (Å²) in [6.07, 6.45) is 0. The Morgan fingerprint density at radius 1 is 0.514 bits per heavy atom. The molecule has 0 bridgehead atoms. The molecule has 0 fully saturated rings. The van der Waals surface area contributed by atoms with Gasteiger partial charge in [0.25, 0.3) is 0 Å². The largest absolute Gasteiger partial charge is 0.207 e. The van der Waals surface area contributed by atoms with Gasteiger partial charge in [-0.1, -0.05) is 65.3 Å². The van der Waals surface area contributed by atoms with Gasteiger partial charge >= 0.3 is 0 Å². The third kappa shape index (κ3) is 8.88. The molecule has 0 unspecified atom stereocenters. The molecule has 0 heterocycles. The second kappa shape index (κ2) is 13.5. The molecular formula is C27H28ClF7. The minimum atomic E-state index is -0.880. The lowest BCUT2D eigenvalue weighted by molar-refractivity contribution is 0.514. The molecule has 3 aromatic rings. The fraction of sp³-hybridized carbons (Fsp3) is 0.333. The fourth-order valence-corrected chi connectivity index (χ4v) is 3.23. The maximum absolute atomic E-state index is 13.1. The summed E-state index contributed by atoms with van der Waals surface area (Å²) in [6, 6.07) is 7.65. The number of benzene rings is 3. The fourth-order valence-electron chi connectivity index (χ4n) is 3.06. The predicted molar refractivity (Wildman–Crippen MR) is 126 cm³/mol. The third-order valence-corrected chi connectivity index (χ3v) is 5.24. The molecule has 0 N–H and O–H groups in total. The molecule has 3 aromatic carbocycles. The van der Waals surface area contributed by atoms with Crippen molar-refractivity contribution in [3.8, 4) is 0 Å². The van der Waals surface area contributed by atoms with Crippen LogP contribution in [0, 0.1) is 40.7 Å². The summed E-state index contributed by atoms with van der Waals surface area (Å²) in [4.78, 5) is 0. The first-order valence-corrected chi connectivity index (χ1v) is 11.3. The van der Waals surface area contributed by atoms with Gasteiger partial charge in [-0.05, 0) is 41.0 Å². The average Bonchev–Trinajstić information content (AvgIpc) is 2.71. The summed E-state index contributed by atoms with van der Waals surface area (Å²) >= 11 is 5.38. The van der Waals surface area contributed by atoms with Crippen LogP contribution in [0.15, 0.2) is 42.5 Å². The van der Waals surface area contributed by atoms with Gasteiger partial charge in [-0.25, -0.2) is 30.7 Å². The van der Waals surface area contributed by atoms with Crippen molar-refractivity contribution in [3.05, 3.63) is 105 Å². The van der Waals surface area contributed by atoms with Crippen LogP contribution in [-0.4, -0.2) is 0 Å². The van der Waals surface area contributed by atoms with E-state index in [2.05, 4.69) is 0 Å². The van der Waals surface area contributed by atoms with Crippen molar-refractivity contribution in [1.29, 1.82) is 0 Å². The Morgan fingerprint density at radius 2 is 0.971 bits per heavy atom. The Bertz CT molecular complexity index is 1100. The molecule has 0 aliphatic carbocycles. The lowest BCUT2D eigenvalue weighted by atomic mass is 10.0. The van der Waals surface area contributed by atoms with Gasteiger partial charge in [0.15, 0.2) is 0 Å². The molecule has 0 saturated carbocycles. The number of halogens is 8. The Labute approximate surface area is 206 Å². The molecule has 0 saturated heterocycles. The smallest absolute Gasteiger partial charge is 0.148 e. The van der Waals surface area contributed by atoms with Gasteiger partial charge in [-0.15, -0.1) is 0 Å². The van der Waals surface area contributed by atoms with Gasteiger partial charge in [-0.3, -0.25) is 0 Å². The van der Waals surface area contributed by atoms with Crippen LogP contribution in [0.25, 0.3) is 0 Å². The van der Waals surface area contributed by atoms with Gasteiger partial charge in [0, 0.05) is 23.8 Å². The van der Waals surface area contributed by atoms with E-state index in [-0.39, 0.29) is 23.3 Å². The van der Waals surface area contributed by atoms with E-state index in [1.807, 2.05) is 27.7 Å². The van der Waals surface area contributed by atoms with Crippen LogP contribution >= 0.6 is 11.6 Å². The van der Waals surface area contributed by atoms with E-state index < -0.39 is 45.7 Å². The highest BCUT2D eigenvalue weighted by Gasteiger charge is 2.14. The predicted octanol–water partition coefficient (Wildman–Crippen LogP) is 10.1. The van der Waals surface area contributed by atoms with Crippen LogP contribution in [0.3, 0.4) is 0 Å². The van der Waals surface area contributed by atoms with Gasteiger partial charge in [0.1, 0.15) is 45.7 Å². The van der Waals surface area contributed by atoms with Crippen LogP contribution in [0.4, 0.5) is 30.7 Å². The van der Waals surface area contributed by atoms with Crippen LogP contribution in [0.5, 0.6) is 0 Å². The molecule has 192 valence electrons. The summed E-state index contributed by atoms with van der Waals surface area (Å²) in [5.74, 6) is -5.00. The molecule has 3 rings (SSSR count). The summed E-state index contributed by atoms with van der Waals surface area (Å²) in [5, 5.41) is -0.416. The molecule has 0 nitrogen and oxygen atoms in total. The monoisotopic (exact) mass is 520 g/mol. The van der Waals surface area contributed by atoms with Gasteiger partial charge in [0.2, 0.25) is 0 Å². The molecular weight excluding hydrogens is 493 g/mol. The van der Waals surface area contributed by atoms with E-state index in [1.54, 1.807) is 13.8 Å². The lowest BCUT2D eigenvalue weighted by Gasteiger charge is -2.07. The van der Waals surface area contributed by atoms with E-state index >= 15 is 0 Å². The number of hydrogen-bond donors (Lipinski definition) is 0. The van der Waals surface area contributed by atoms with Crippen LogP contribution in [0.2, 0.25) is 5.02 Å². The highest BCUT2D eigenvalue weighted by atomic mass is 35.5. The minimum Gasteiger partial charge on any atom is -0.207 e. The normalized spacial score (nSPS) is 10.8. The highest BCUT2D eigenvalue weighted by Crippen LogP contribution is 2.26. The Morgan fingerprint density at radius 3 is 1.40 bits per heavy atom. The Kier molecular flexibility index (Phi) is 11.8. The maximum Gasteiger partial charge on any atom is 0.148 e. The topological polar surface area (TPSA) is 0 Å². The van der Waals surface area contributed by atoms with E-state index in [1.165, 1.54) is 24.3 Å². The van der Waals surface area contributed by atoms with E-state index in [0.29, 0.717) is 23.3 Å². The van der Waals surface area contributed by atoms with Crippen molar-refractivity contribution in [1.82, 2.24) is 0 Å². The third-order valence-electron chi connectivity index (χ3n) is 4.89. The van der Waals surface area contributed by atoms with Crippen LogP contribution in [-0.2, 0) is 0 Å². The first-order chi connectivity index (χ1) is 16.2. The molecule has 0 spiro atoms. The van der Waals surface area contributed by atoms with Crippen molar-refractivity contribution < 1.29 is 30.7 Å². The minimum absolute atomic E-state index is 0.0168. The Balaban J connectivity index is 0.000000263. The molecule has 0 aromatic heterocycles. The zero-order chi connectivity index (χ0) is 27.0. The molecule has 0 aliphatic rings. The summed E-state index contributed by atoms with van der Waals surface area (Å²) in [5.41, 5.74) is 0.948. The van der Waals surface area contributed by atoms with Crippen LogP contribution < -0.4 is 0 Å². The highest BCUT2D eigenvalue weighted by molar-refractivity contribution is 6.30. The molecule has 0 aliphatic heterocycles. The first-order valence-electron chi connectivity index (χ1n) is 10.9. The van der Waals surface area contributed by atoms with Crippen molar-refractivity contribution in [2.75, 3.05) is 0 Å². The van der Waals surface area contributed by atoms with Crippen molar-refractivity contribution in [2.24, 2.45) is 0 Å². The molecule has 8 heteroatoms. The summed E-state index contributed by atoms with van der Waals surface area (Å²) < 4.78 is 89.2. The van der Waals surface area contributed by atoms with E-state index in [0.717, 1.165) is 6.07 Å². The van der Waals surface area contributed by atoms with Gasteiger partial charge in [-0.2, -0.15) is 0 Å². The zero-order valence-electron chi connectivity index (χ0n) is 20.3. The average molecular weight is 521 g/mol. The van der Waals surface area contributed by atoms with E-state index in [4.69, 9.17) is 11.6 Å². The van der Waals surface area contributed by atoms with Crippen LogP contribution in [0.1, 0.15) is 76.0 Å². The van der Waals surface area contributed by atoms with Crippen molar-refractivity contribution >= 4 is 11.6 Å². The molecule has 35 heavy (non-hydrogen) atoms. The lowest BCUT2D eigenvalue weighted by Crippen LogP contribution is -1.98. The second-order valence-electron chi connectivity index (χ2n) is 8.68. The number of rotatable bonds is 3.